The number of carbonyl (C=O) groups excluding carboxylic acids is 1. The zero-order valence-corrected chi connectivity index (χ0v) is 9.16. The summed E-state index contributed by atoms with van der Waals surface area (Å²) in [5, 5.41) is -0.747. The minimum absolute atomic E-state index is 0.0219. The molecule has 0 heterocycles. The number of rotatable bonds is 3. The quantitative estimate of drug-likeness (QED) is 0.785. The van der Waals surface area contributed by atoms with Crippen LogP contribution in [-0.4, -0.2) is 18.0 Å². The summed E-state index contributed by atoms with van der Waals surface area (Å²) in [6.45, 7) is -1.46. The molecular formula is C9H5Cl2F3O2. The van der Waals surface area contributed by atoms with Crippen LogP contribution in [0.5, 0.6) is 5.75 Å². The molecule has 0 atom stereocenters. The van der Waals surface area contributed by atoms with E-state index in [4.69, 9.17) is 23.2 Å². The highest BCUT2D eigenvalue weighted by molar-refractivity contribution is 6.67. The van der Waals surface area contributed by atoms with E-state index in [0.717, 1.165) is 12.1 Å². The number of hydrogen-bond donors (Lipinski definition) is 0. The SMILES string of the molecule is O=C(Cl)c1cc(Cl)cc(OCC(F)(F)F)c1. The molecule has 0 fully saturated rings. The van der Waals surface area contributed by atoms with Gasteiger partial charge in [0.1, 0.15) is 5.75 Å². The molecule has 0 aromatic heterocycles. The zero-order valence-electron chi connectivity index (χ0n) is 7.65. The molecule has 1 rings (SSSR count). The maximum Gasteiger partial charge on any atom is 0.422 e. The Morgan fingerprint density at radius 1 is 1.31 bits per heavy atom. The van der Waals surface area contributed by atoms with Gasteiger partial charge in [-0.05, 0) is 29.8 Å². The number of carbonyl (C=O) groups is 1. The van der Waals surface area contributed by atoms with Gasteiger partial charge in [0.05, 0.1) is 0 Å². The smallest absolute Gasteiger partial charge is 0.422 e. The minimum atomic E-state index is -4.45. The monoisotopic (exact) mass is 272 g/mol. The van der Waals surface area contributed by atoms with Crippen LogP contribution < -0.4 is 4.74 Å². The lowest BCUT2D eigenvalue weighted by Crippen LogP contribution is -2.19. The molecule has 88 valence electrons. The van der Waals surface area contributed by atoms with Gasteiger partial charge in [-0.15, -0.1) is 0 Å². The topological polar surface area (TPSA) is 26.3 Å². The van der Waals surface area contributed by atoms with E-state index in [2.05, 4.69) is 4.74 Å². The summed E-state index contributed by atoms with van der Waals surface area (Å²) in [5.74, 6) is -0.158. The standard InChI is InChI=1S/C9H5Cl2F3O2/c10-6-1-5(8(11)15)2-7(3-6)16-4-9(12,13)14/h1-3H,4H2. The Kier molecular flexibility index (Phi) is 4.04. The van der Waals surface area contributed by atoms with E-state index in [9.17, 15) is 18.0 Å². The third-order valence-electron chi connectivity index (χ3n) is 1.50. The second kappa shape index (κ2) is 4.93. The van der Waals surface area contributed by atoms with Gasteiger partial charge in [-0.1, -0.05) is 11.6 Å². The van der Waals surface area contributed by atoms with E-state index in [1.807, 2.05) is 0 Å². The van der Waals surface area contributed by atoms with Gasteiger partial charge in [0.15, 0.2) is 6.61 Å². The predicted octanol–water partition coefficient (Wildman–Crippen LogP) is 3.66. The molecule has 2 nitrogen and oxygen atoms in total. The van der Waals surface area contributed by atoms with Gasteiger partial charge in [0.25, 0.3) is 5.24 Å². The fourth-order valence-electron chi connectivity index (χ4n) is 0.925. The Balaban J connectivity index is 2.85. The molecule has 0 bridgehead atoms. The lowest BCUT2D eigenvalue weighted by atomic mass is 10.2. The summed E-state index contributed by atoms with van der Waals surface area (Å²) in [6, 6.07) is 3.49. The third kappa shape index (κ3) is 4.28. The van der Waals surface area contributed by atoms with Crippen molar-refractivity contribution >= 4 is 28.4 Å². The van der Waals surface area contributed by atoms with E-state index in [1.54, 1.807) is 0 Å². The van der Waals surface area contributed by atoms with E-state index in [1.165, 1.54) is 6.07 Å². The van der Waals surface area contributed by atoms with Crippen molar-refractivity contribution in [1.82, 2.24) is 0 Å². The first kappa shape index (κ1) is 13.1. The Morgan fingerprint density at radius 3 is 2.44 bits per heavy atom. The number of halogens is 5. The fourth-order valence-corrected chi connectivity index (χ4v) is 1.26. The molecule has 0 unspecified atom stereocenters. The predicted molar refractivity (Wildman–Crippen MR) is 53.2 cm³/mol. The number of hydrogen-bond acceptors (Lipinski definition) is 2. The van der Waals surface area contributed by atoms with Gasteiger partial charge in [0, 0.05) is 10.6 Å². The lowest BCUT2D eigenvalue weighted by molar-refractivity contribution is -0.153. The largest absolute Gasteiger partial charge is 0.484 e. The summed E-state index contributed by atoms with van der Waals surface area (Å²) in [6.07, 6.45) is -4.45. The summed E-state index contributed by atoms with van der Waals surface area (Å²) in [5.41, 5.74) is -0.0219. The highest BCUT2D eigenvalue weighted by Crippen LogP contribution is 2.24. The number of alkyl halides is 3. The van der Waals surface area contributed by atoms with Crippen LogP contribution in [0, 0.1) is 0 Å². The third-order valence-corrected chi connectivity index (χ3v) is 1.94. The van der Waals surface area contributed by atoms with E-state index in [0.29, 0.717) is 0 Å². The second-order valence-electron chi connectivity index (χ2n) is 2.85. The van der Waals surface area contributed by atoms with Crippen LogP contribution in [0.2, 0.25) is 5.02 Å². The summed E-state index contributed by atoms with van der Waals surface area (Å²) in [4.78, 5) is 10.8. The van der Waals surface area contributed by atoms with Crippen LogP contribution in [-0.2, 0) is 0 Å². The van der Waals surface area contributed by atoms with Crippen LogP contribution in [0.3, 0.4) is 0 Å². The Morgan fingerprint density at radius 2 is 1.94 bits per heavy atom. The molecule has 0 saturated heterocycles. The van der Waals surface area contributed by atoms with Gasteiger partial charge in [0.2, 0.25) is 0 Å². The van der Waals surface area contributed by atoms with Crippen molar-refractivity contribution in [3.05, 3.63) is 28.8 Å². The molecule has 0 aliphatic heterocycles. The molecule has 0 radical (unpaired) electrons. The molecule has 0 aliphatic carbocycles. The van der Waals surface area contributed by atoms with Crippen molar-refractivity contribution in [2.75, 3.05) is 6.61 Å². The molecule has 0 amide bonds. The second-order valence-corrected chi connectivity index (χ2v) is 3.63. The van der Waals surface area contributed by atoms with Gasteiger partial charge < -0.3 is 4.74 Å². The average molecular weight is 273 g/mol. The van der Waals surface area contributed by atoms with Crippen LogP contribution in [0.1, 0.15) is 10.4 Å². The Labute approximate surface area is 98.9 Å². The Hall–Kier alpha value is -0.940. The summed E-state index contributed by atoms with van der Waals surface area (Å²) in [7, 11) is 0. The molecule has 0 saturated carbocycles. The maximum atomic E-state index is 11.8. The van der Waals surface area contributed by atoms with Crippen molar-refractivity contribution in [2.24, 2.45) is 0 Å². The van der Waals surface area contributed by atoms with Gasteiger partial charge in [-0.3, -0.25) is 4.79 Å². The summed E-state index contributed by atoms with van der Waals surface area (Å²) >= 11 is 10.7. The number of benzene rings is 1. The molecule has 0 spiro atoms. The van der Waals surface area contributed by atoms with E-state index < -0.39 is 18.0 Å². The van der Waals surface area contributed by atoms with Crippen LogP contribution >= 0.6 is 23.2 Å². The highest BCUT2D eigenvalue weighted by atomic mass is 35.5. The minimum Gasteiger partial charge on any atom is -0.484 e. The van der Waals surface area contributed by atoms with Crippen molar-refractivity contribution in [3.63, 3.8) is 0 Å². The van der Waals surface area contributed by atoms with Gasteiger partial charge >= 0.3 is 6.18 Å². The molecule has 1 aromatic carbocycles. The molecule has 1 aromatic rings. The molecule has 0 N–H and O–H groups in total. The van der Waals surface area contributed by atoms with E-state index in [-0.39, 0.29) is 16.3 Å². The first-order chi connectivity index (χ1) is 7.28. The zero-order chi connectivity index (χ0) is 12.3. The van der Waals surface area contributed by atoms with E-state index >= 15 is 0 Å². The van der Waals surface area contributed by atoms with Gasteiger partial charge in [-0.25, -0.2) is 0 Å². The van der Waals surface area contributed by atoms with Crippen molar-refractivity contribution < 1.29 is 22.7 Å². The highest BCUT2D eigenvalue weighted by Gasteiger charge is 2.28. The average Bonchev–Trinajstić information content (AvgIpc) is 2.13. The number of ether oxygens (including phenoxy) is 1. The lowest BCUT2D eigenvalue weighted by Gasteiger charge is -2.09. The maximum absolute atomic E-state index is 11.8. The van der Waals surface area contributed by atoms with Gasteiger partial charge in [-0.2, -0.15) is 13.2 Å². The van der Waals surface area contributed by atoms with Crippen LogP contribution in [0.4, 0.5) is 13.2 Å². The molecule has 7 heteroatoms. The van der Waals surface area contributed by atoms with Crippen LogP contribution in [0.25, 0.3) is 0 Å². The first-order valence-corrected chi connectivity index (χ1v) is 4.73. The Bertz CT molecular complexity index is 404. The molecule has 16 heavy (non-hydrogen) atoms. The van der Waals surface area contributed by atoms with Crippen molar-refractivity contribution in [3.8, 4) is 5.75 Å². The first-order valence-electron chi connectivity index (χ1n) is 3.98. The summed E-state index contributed by atoms with van der Waals surface area (Å²) < 4.78 is 40.0. The normalized spacial score (nSPS) is 11.3. The van der Waals surface area contributed by atoms with Crippen molar-refractivity contribution in [2.45, 2.75) is 6.18 Å². The molecular weight excluding hydrogens is 268 g/mol. The van der Waals surface area contributed by atoms with Crippen molar-refractivity contribution in [1.29, 1.82) is 0 Å². The van der Waals surface area contributed by atoms with Crippen LogP contribution in [0.15, 0.2) is 18.2 Å². The molecule has 0 aliphatic rings. The fraction of sp³-hybridized carbons (Fsp3) is 0.222.